The van der Waals surface area contributed by atoms with E-state index in [1.54, 1.807) is 30.3 Å². The number of nitrogens with two attached hydrogens (primary N) is 1. The molecule has 0 aliphatic rings. The second-order valence-corrected chi connectivity index (χ2v) is 5.42. The normalized spacial score (nSPS) is 10.4. The van der Waals surface area contributed by atoms with Gasteiger partial charge in [-0.05, 0) is 48.0 Å². The first-order chi connectivity index (χ1) is 11.9. The largest absolute Gasteiger partial charge is 0.452 e. The lowest BCUT2D eigenvalue weighted by Gasteiger charge is -2.05. The van der Waals surface area contributed by atoms with Gasteiger partial charge >= 0.3 is 5.97 Å². The number of halogens is 1. The fraction of sp³-hybridized carbons (Fsp3) is 0.0556. The molecule has 7 heteroatoms. The van der Waals surface area contributed by atoms with E-state index in [0.29, 0.717) is 16.3 Å². The van der Waals surface area contributed by atoms with Gasteiger partial charge in [0.15, 0.2) is 6.61 Å². The van der Waals surface area contributed by atoms with E-state index in [9.17, 15) is 14.4 Å². The Hall–Kier alpha value is -3.12. The van der Waals surface area contributed by atoms with Crippen LogP contribution in [0.25, 0.3) is 6.08 Å². The topological polar surface area (TPSA) is 98.5 Å². The average Bonchev–Trinajstić information content (AvgIpc) is 2.60. The summed E-state index contributed by atoms with van der Waals surface area (Å²) < 4.78 is 4.85. The van der Waals surface area contributed by atoms with E-state index in [2.05, 4.69) is 5.32 Å². The number of ether oxygens (including phenoxy) is 1. The molecule has 0 aromatic heterocycles. The summed E-state index contributed by atoms with van der Waals surface area (Å²) in [5.74, 6) is -1.70. The van der Waals surface area contributed by atoms with E-state index in [1.165, 1.54) is 30.3 Å². The number of carbonyl (C=O) groups excluding carboxylic acids is 3. The Kier molecular flexibility index (Phi) is 6.31. The van der Waals surface area contributed by atoms with Crippen molar-refractivity contribution in [1.29, 1.82) is 0 Å². The van der Waals surface area contributed by atoms with Gasteiger partial charge in [0.05, 0.1) is 0 Å². The van der Waals surface area contributed by atoms with Crippen molar-refractivity contribution in [3.05, 3.63) is 70.8 Å². The van der Waals surface area contributed by atoms with E-state index in [-0.39, 0.29) is 0 Å². The standard InChI is InChI=1S/C18H15ClN2O4/c19-14-6-1-12(2-7-14)3-10-17(23)25-11-16(22)21-15-8-4-13(5-9-15)18(20)24/h1-10H,11H2,(H2,20,24)(H,21,22). The third kappa shape index (κ3) is 6.12. The van der Waals surface area contributed by atoms with E-state index in [0.717, 1.165) is 5.56 Å². The molecule has 2 aromatic rings. The van der Waals surface area contributed by atoms with Crippen LogP contribution >= 0.6 is 11.6 Å². The molecule has 0 saturated heterocycles. The maximum Gasteiger partial charge on any atom is 0.331 e. The highest BCUT2D eigenvalue weighted by atomic mass is 35.5. The predicted octanol–water partition coefficient (Wildman–Crippen LogP) is 2.63. The molecule has 2 amide bonds. The molecular formula is C18H15ClN2O4. The van der Waals surface area contributed by atoms with Crippen molar-refractivity contribution < 1.29 is 19.1 Å². The van der Waals surface area contributed by atoms with Gasteiger partial charge in [-0.25, -0.2) is 4.79 Å². The molecule has 0 unspecified atom stereocenters. The van der Waals surface area contributed by atoms with Gasteiger partial charge in [0.25, 0.3) is 5.91 Å². The molecule has 0 fully saturated rings. The lowest BCUT2D eigenvalue weighted by atomic mass is 10.2. The number of nitrogens with one attached hydrogen (secondary N) is 1. The number of anilines is 1. The van der Waals surface area contributed by atoms with Crippen LogP contribution in [0.4, 0.5) is 5.69 Å². The van der Waals surface area contributed by atoms with Crippen LogP contribution in [-0.2, 0) is 14.3 Å². The number of rotatable bonds is 6. The number of hydrogen-bond donors (Lipinski definition) is 2. The van der Waals surface area contributed by atoms with Crippen molar-refractivity contribution >= 4 is 41.1 Å². The maximum atomic E-state index is 11.7. The Balaban J connectivity index is 1.79. The van der Waals surface area contributed by atoms with Crippen LogP contribution in [0, 0.1) is 0 Å². The molecule has 0 saturated carbocycles. The minimum atomic E-state index is -0.644. The van der Waals surface area contributed by atoms with E-state index < -0.39 is 24.4 Å². The lowest BCUT2D eigenvalue weighted by Crippen LogP contribution is -2.20. The molecule has 2 rings (SSSR count). The van der Waals surface area contributed by atoms with Crippen molar-refractivity contribution in [3.63, 3.8) is 0 Å². The molecule has 2 aromatic carbocycles. The van der Waals surface area contributed by atoms with E-state index in [1.807, 2.05) is 0 Å². The zero-order chi connectivity index (χ0) is 18.2. The Morgan fingerprint density at radius 2 is 1.68 bits per heavy atom. The fourth-order valence-electron chi connectivity index (χ4n) is 1.84. The van der Waals surface area contributed by atoms with Crippen LogP contribution in [0.2, 0.25) is 5.02 Å². The molecule has 3 N–H and O–H groups in total. The van der Waals surface area contributed by atoms with Gasteiger partial charge in [-0.3, -0.25) is 9.59 Å². The maximum absolute atomic E-state index is 11.7. The number of primary amides is 1. The zero-order valence-corrected chi connectivity index (χ0v) is 13.8. The van der Waals surface area contributed by atoms with Crippen LogP contribution in [0.3, 0.4) is 0 Å². The molecule has 0 radical (unpaired) electrons. The number of hydrogen-bond acceptors (Lipinski definition) is 4. The quantitative estimate of drug-likeness (QED) is 0.612. The lowest BCUT2D eigenvalue weighted by molar-refractivity contribution is -0.142. The predicted molar refractivity (Wildman–Crippen MR) is 95.0 cm³/mol. The van der Waals surface area contributed by atoms with Crippen molar-refractivity contribution in [2.45, 2.75) is 0 Å². The highest BCUT2D eigenvalue weighted by molar-refractivity contribution is 6.30. The molecule has 25 heavy (non-hydrogen) atoms. The Labute approximate surface area is 149 Å². The van der Waals surface area contributed by atoms with Crippen LogP contribution in [0.15, 0.2) is 54.6 Å². The number of carbonyl (C=O) groups is 3. The summed E-state index contributed by atoms with van der Waals surface area (Å²) >= 11 is 5.77. The summed E-state index contributed by atoms with van der Waals surface area (Å²) in [7, 11) is 0. The molecular weight excluding hydrogens is 344 g/mol. The summed E-state index contributed by atoms with van der Waals surface area (Å²) in [6.07, 6.45) is 2.78. The summed E-state index contributed by atoms with van der Waals surface area (Å²) in [5, 5.41) is 3.13. The third-order valence-electron chi connectivity index (χ3n) is 3.08. The molecule has 0 heterocycles. The van der Waals surface area contributed by atoms with Gasteiger partial charge < -0.3 is 15.8 Å². The van der Waals surface area contributed by atoms with Gasteiger partial charge in [-0.15, -0.1) is 0 Å². The minimum absolute atomic E-state index is 0.330. The first-order valence-electron chi connectivity index (χ1n) is 7.24. The molecule has 128 valence electrons. The van der Waals surface area contributed by atoms with Crippen LogP contribution in [-0.4, -0.2) is 24.4 Å². The van der Waals surface area contributed by atoms with Gasteiger partial charge in [0, 0.05) is 22.3 Å². The third-order valence-corrected chi connectivity index (χ3v) is 3.33. The molecule has 0 spiro atoms. The van der Waals surface area contributed by atoms with Crippen LogP contribution in [0.5, 0.6) is 0 Å². The summed E-state index contributed by atoms with van der Waals surface area (Å²) in [6, 6.07) is 12.9. The Morgan fingerprint density at radius 1 is 1.04 bits per heavy atom. The summed E-state index contributed by atoms with van der Waals surface area (Å²) in [4.78, 5) is 34.3. The summed E-state index contributed by atoms with van der Waals surface area (Å²) in [6.45, 7) is -0.429. The Morgan fingerprint density at radius 3 is 2.28 bits per heavy atom. The van der Waals surface area contributed by atoms with E-state index >= 15 is 0 Å². The van der Waals surface area contributed by atoms with Crippen molar-refractivity contribution in [2.24, 2.45) is 5.73 Å². The molecule has 0 bridgehead atoms. The second-order valence-electron chi connectivity index (χ2n) is 4.98. The smallest absolute Gasteiger partial charge is 0.331 e. The van der Waals surface area contributed by atoms with E-state index in [4.69, 9.17) is 22.1 Å². The molecule has 0 aliphatic heterocycles. The second kappa shape index (κ2) is 8.65. The molecule has 0 aliphatic carbocycles. The highest BCUT2D eigenvalue weighted by Gasteiger charge is 2.06. The Bertz CT molecular complexity index is 799. The molecule has 0 atom stereocenters. The van der Waals surface area contributed by atoms with Crippen LogP contribution < -0.4 is 11.1 Å². The fourth-order valence-corrected chi connectivity index (χ4v) is 1.96. The van der Waals surface area contributed by atoms with Crippen molar-refractivity contribution in [1.82, 2.24) is 0 Å². The number of esters is 1. The molecule has 6 nitrogen and oxygen atoms in total. The number of amides is 2. The van der Waals surface area contributed by atoms with Gasteiger partial charge in [-0.1, -0.05) is 23.7 Å². The first kappa shape index (κ1) is 18.2. The average molecular weight is 359 g/mol. The van der Waals surface area contributed by atoms with Crippen molar-refractivity contribution in [3.8, 4) is 0 Å². The monoisotopic (exact) mass is 358 g/mol. The number of benzene rings is 2. The SMILES string of the molecule is NC(=O)c1ccc(NC(=O)COC(=O)C=Cc2ccc(Cl)cc2)cc1. The van der Waals surface area contributed by atoms with Crippen molar-refractivity contribution in [2.75, 3.05) is 11.9 Å². The highest BCUT2D eigenvalue weighted by Crippen LogP contribution is 2.11. The van der Waals surface area contributed by atoms with Crippen LogP contribution in [0.1, 0.15) is 15.9 Å². The zero-order valence-electron chi connectivity index (χ0n) is 13.1. The summed E-state index contributed by atoms with van der Waals surface area (Å²) in [5.41, 5.74) is 6.70. The van der Waals surface area contributed by atoms with Gasteiger partial charge in [-0.2, -0.15) is 0 Å². The van der Waals surface area contributed by atoms with Gasteiger partial charge in [0.1, 0.15) is 0 Å². The minimum Gasteiger partial charge on any atom is -0.452 e. The first-order valence-corrected chi connectivity index (χ1v) is 7.62. The van der Waals surface area contributed by atoms with Gasteiger partial charge in [0.2, 0.25) is 5.91 Å².